The fourth-order valence-corrected chi connectivity index (χ4v) is 10.2. The molecule has 14 rings (SSSR count). The van der Waals surface area contributed by atoms with Crippen LogP contribution in [0.15, 0.2) is 62.2 Å². The summed E-state index contributed by atoms with van der Waals surface area (Å²) in [5.41, 5.74) is 16.2. The number of nitrogens with zero attached hydrogens (tertiary/aromatic N) is 21. The number of nitrogens with one attached hydrogen (secondary N) is 1. The van der Waals surface area contributed by atoms with Crippen LogP contribution in [0.4, 0.5) is 35.4 Å². The number of carboxylic acids is 1. The first-order chi connectivity index (χ1) is 39.7. The molecule has 29 heteroatoms. The maximum Gasteiger partial charge on any atom is 0.323 e. The maximum absolute atomic E-state index is 12.9. The van der Waals surface area contributed by atoms with Gasteiger partial charge in [0.05, 0.1) is 50.2 Å². The molecule has 2 saturated carbocycles. The van der Waals surface area contributed by atoms with Gasteiger partial charge in [0.25, 0.3) is 0 Å². The highest BCUT2D eigenvalue weighted by atomic mass is 16.5. The zero-order chi connectivity index (χ0) is 55.2. The molecule has 6 N–H and O–H groups in total. The molecular weight excluding hydrogens is 1040 g/mol. The monoisotopic (exact) mass is 1110 g/mol. The average molecular weight is 1110 g/mol. The SMILES string of the molecule is Nc1ncc(-c2nc(N3CCOCC3)c3nc(N4CCN(C(=O)Cn5ccnc5)CC4)n(CC4CC4)c3n2)cn1.Nc1ncc(-c2nc(N3CCOCC3)c3nc(N4CCNCC4)n(CC4CC4)c3n2)cn1.O=C(O)Cn1ccnc1. The predicted molar refractivity (Wildman–Crippen MR) is 299 cm³/mol. The number of morpholine rings is 2. The Morgan fingerprint density at radius 2 is 1.00 bits per heavy atom. The molecule has 0 radical (unpaired) electrons. The molecule has 4 aliphatic heterocycles. The van der Waals surface area contributed by atoms with Crippen molar-refractivity contribution in [2.24, 2.45) is 11.8 Å². The lowest BCUT2D eigenvalue weighted by molar-refractivity contribution is -0.137. The molecule has 29 nitrogen and oxygen atoms in total. The normalized spacial score (nSPS) is 17.7. The number of nitrogen functional groups attached to an aromatic ring is 2. The lowest BCUT2D eigenvalue weighted by Gasteiger charge is -2.35. The van der Waals surface area contributed by atoms with E-state index in [1.165, 1.54) is 36.6 Å². The van der Waals surface area contributed by atoms with E-state index in [0.717, 1.165) is 117 Å². The summed E-state index contributed by atoms with van der Waals surface area (Å²) in [6, 6.07) is 0. The molecule has 6 fully saturated rings. The highest BCUT2D eigenvalue weighted by Crippen LogP contribution is 2.39. The summed E-state index contributed by atoms with van der Waals surface area (Å²) in [7, 11) is 0. The van der Waals surface area contributed by atoms with Crippen molar-refractivity contribution in [1.29, 1.82) is 0 Å². The zero-order valence-corrected chi connectivity index (χ0v) is 45.0. The molecule has 0 unspecified atom stereocenters. The highest BCUT2D eigenvalue weighted by molar-refractivity contribution is 5.89. The van der Waals surface area contributed by atoms with Crippen LogP contribution < -0.4 is 36.4 Å². The highest BCUT2D eigenvalue weighted by Gasteiger charge is 2.33. The smallest absolute Gasteiger partial charge is 0.323 e. The number of amides is 1. The summed E-state index contributed by atoms with van der Waals surface area (Å²) in [4.78, 5) is 88.6. The Kier molecular flexibility index (Phi) is 15.7. The minimum atomic E-state index is -0.854. The minimum absolute atomic E-state index is 0.0139. The van der Waals surface area contributed by atoms with Crippen molar-refractivity contribution in [2.75, 3.05) is 136 Å². The molecule has 8 aromatic heterocycles. The molecule has 0 spiro atoms. The van der Waals surface area contributed by atoms with Gasteiger partial charge in [0.15, 0.2) is 45.6 Å². The molecule has 12 heterocycles. The number of carbonyl (C=O) groups is 2. The van der Waals surface area contributed by atoms with Gasteiger partial charge in [-0.25, -0.2) is 59.8 Å². The average Bonchev–Trinajstić information content (AvgIpc) is 4.35. The van der Waals surface area contributed by atoms with Crippen LogP contribution in [-0.4, -0.2) is 205 Å². The Labute approximate surface area is 465 Å². The molecular formula is C52H66N24O5. The van der Waals surface area contributed by atoms with E-state index in [0.29, 0.717) is 88.2 Å². The number of nitrogens with two attached hydrogens (primary N) is 2. The van der Waals surface area contributed by atoms with Crippen LogP contribution in [0.25, 0.3) is 45.1 Å². The van der Waals surface area contributed by atoms with Gasteiger partial charge in [-0.1, -0.05) is 0 Å². The number of carbonyl (C=O) groups excluding carboxylic acids is 1. The van der Waals surface area contributed by atoms with Crippen LogP contribution in [-0.2, 0) is 45.2 Å². The largest absolute Gasteiger partial charge is 0.480 e. The van der Waals surface area contributed by atoms with E-state index in [9.17, 15) is 9.59 Å². The Balaban J connectivity index is 0.000000142. The molecule has 0 bridgehead atoms. The van der Waals surface area contributed by atoms with Crippen molar-refractivity contribution >= 4 is 69.6 Å². The fraction of sp³-hybridized carbons (Fsp3) is 0.500. The summed E-state index contributed by atoms with van der Waals surface area (Å²) < 4.78 is 19.1. The number of carboxylic acid groups (broad SMARTS) is 1. The first-order valence-corrected chi connectivity index (χ1v) is 27.7. The number of piperazine rings is 2. The van der Waals surface area contributed by atoms with E-state index in [4.69, 9.17) is 56.0 Å². The second-order valence-electron chi connectivity index (χ2n) is 20.8. The lowest BCUT2D eigenvalue weighted by Crippen LogP contribution is -2.50. The number of anilines is 6. The van der Waals surface area contributed by atoms with Gasteiger partial charge in [0.1, 0.15) is 13.1 Å². The summed E-state index contributed by atoms with van der Waals surface area (Å²) >= 11 is 0. The predicted octanol–water partition coefficient (Wildman–Crippen LogP) is 1.15. The van der Waals surface area contributed by atoms with E-state index in [1.807, 2.05) is 11.1 Å². The van der Waals surface area contributed by atoms with Crippen LogP contribution >= 0.6 is 0 Å². The molecule has 0 aromatic carbocycles. The molecule has 424 valence electrons. The van der Waals surface area contributed by atoms with Crippen molar-refractivity contribution in [2.45, 2.75) is 51.9 Å². The van der Waals surface area contributed by atoms with Crippen LogP contribution in [0, 0.1) is 11.8 Å². The van der Waals surface area contributed by atoms with Crippen molar-refractivity contribution in [1.82, 2.24) is 88.3 Å². The van der Waals surface area contributed by atoms with Crippen molar-refractivity contribution in [3.05, 3.63) is 62.2 Å². The summed E-state index contributed by atoms with van der Waals surface area (Å²) in [6.07, 6.45) is 21.4. The van der Waals surface area contributed by atoms with Crippen molar-refractivity contribution in [3.63, 3.8) is 0 Å². The Morgan fingerprint density at radius 3 is 1.42 bits per heavy atom. The number of imidazole rings is 4. The molecule has 8 aromatic rings. The first kappa shape index (κ1) is 53.0. The van der Waals surface area contributed by atoms with Gasteiger partial charge in [-0.2, -0.15) is 0 Å². The van der Waals surface area contributed by atoms with Crippen LogP contribution in [0.5, 0.6) is 0 Å². The van der Waals surface area contributed by atoms with Gasteiger partial charge in [0.2, 0.25) is 29.7 Å². The molecule has 0 atom stereocenters. The van der Waals surface area contributed by atoms with Crippen LogP contribution in [0.3, 0.4) is 0 Å². The number of aliphatic carboxylic acids is 1. The number of ether oxygens (including phenoxy) is 2. The number of aromatic nitrogens is 16. The molecule has 81 heavy (non-hydrogen) atoms. The molecule has 4 saturated heterocycles. The standard InChI is InChI=1S/C26H32N12O2.C21H28N10O.C5H6N2O2/c27-25-29-13-19(14-30-25)22-32-23(36-9-11-40-12-10-36)21-24(33-22)38(15-18-1-2-18)26(31-21)37-7-5-35(6-8-37)20(39)16-34-4-3-28-17-34;22-20-24-11-15(12-25-20)17-27-18(29-7-9-32-10-8-29)16-19(28-17)31(13-14-1-2-14)21(26-16)30-5-3-23-4-6-30;8-5(9)3-7-2-1-6-4-7/h3-4,13-14,17-18H,1-2,5-12,15-16H2,(H2,27,29,30);11-12,14,23H,1-10,13H2,(H2,22,24,25);1-2,4H,3H2,(H,8,9). The summed E-state index contributed by atoms with van der Waals surface area (Å²) in [5.74, 6) is 5.69. The molecule has 1 amide bonds. The molecule has 2 aliphatic carbocycles. The lowest BCUT2D eigenvalue weighted by atomic mass is 10.3. The third-order valence-corrected chi connectivity index (χ3v) is 14.9. The van der Waals surface area contributed by atoms with Gasteiger partial charge in [-0.15, -0.1) is 0 Å². The van der Waals surface area contributed by atoms with Gasteiger partial charge in [-0.05, 0) is 37.5 Å². The minimum Gasteiger partial charge on any atom is -0.480 e. The van der Waals surface area contributed by atoms with Crippen molar-refractivity contribution < 1.29 is 24.2 Å². The quantitative estimate of drug-likeness (QED) is 0.119. The fourth-order valence-electron chi connectivity index (χ4n) is 10.2. The van der Waals surface area contributed by atoms with Gasteiger partial charge >= 0.3 is 5.97 Å². The number of rotatable bonds is 14. The topological polar surface area (TPSA) is 328 Å². The Morgan fingerprint density at radius 1 is 0.556 bits per heavy atom. The molecule has 6 aliphatic rings. The van der Waals surface area contributed by atoms with Crippen molar-refractivity contribution in [3.8, 4) is 22.8 Å². The Hall–Kier alpha value is -8.70. The summed E-state index contributed by atoms with van der Waals surface area (Å²) in [5, 5.41) is 11.7. The number of hydrogen-bond acceptors (Lipinski definition) is 23. The maximum atomic E-state index is 12.9. The van der Waals surface area contributed by atoms with E-state index >= 15 is 0 Å². The third kappa shape index (κ3) is 12.5. The summed E-state index contributed by atoms with van der Waals surface area (Å²) in [6.45, 7) is 14.2. The van der Waals surface area contributed by atoms with Gasteiger partial charge < -0.3 is 65.0 Å². The van der Waals surface area contributed by atoms with E-state index in [-0.39, 0.29) is 24.3 Å². The van der Waals surface area contributed by atoms with Crippen LogP contribution in [0.2, 0.25) is 0 Å². The van der Waals surface area contributed by atoms with E-state index in [1.54, 1.807) is 54.3 Å². The second-order valence-corrected chi connectivity index (χ2v) is 20.8. The zero-order valence-electron chi connectivity index (χ0n) is 45.0. The first-order valence-electron chi connectivity index (χ1n) is 27.7. The van der Waals surface area contributed by atoms with Gasteiger partial charge in [-0.3, -0.25) is 18.7 Å². The van der Waals surface area contributed by atoms with Gasteiger partial charge in [0, 0.05) is 141 Å². The van der Waals surface area contributed by atoms with E-state index in [2.05, 4.69) is 64.0 Å². The third-order valence-electron chi connectivity index (χ3n) is 14.9. The second kappa shape index (κ2) is 23.9. The van der Waals surface area contributed by atoms with Crippen LogP contribution in [0.1, 0.15) is 25.7 Å². The number of hydrogen-bond donors (Lipinski definition) is 4. The Bertz CT molecular complexity index is 3390. The van der Waals surface area contributed by atoms with E-state index < -0.39 is 5.97 Å². The number of fused-ring (bicyclic) bond motifs is 2.